The number of hydrogen-bond donors (Lipinski definition) is 1. The minimum atomic E-state index is -0.569. The van der Waals surface area contributed by atoms with Crippen LogP contribution in [-0.2, 0) is 7.05 Å². The first kappa shape index (κ1) is 22.8. The first-order valence-electron chi connectivity index (χ1n) is 10.9. The molecule has 2 amide bonds. The van der Waals surface area contributed by atoms with Gasteiger partial charge in [0.2, 0.25) is 0 Å². The summed E-state index contributed by atoms with van der Waals surface area (Å²) < 4.78 is 6.56. The van der Waals surface area contributed by atoms with Crippen LogP contribution in [0.5, 0.6) is 0 Å². The minimum absolute atomic E-state index is 0.00822. The van der Waals surface area contributed by atoms with Crippen molar-refractivity contribution >= 4 is 29.1 Å². The van der Waals surface area contributed by atoms with Crippen molar-refractivity contribution < 1.29 is 14.1 Å². The number of hydrogen-bond acceptors (Lipinski definition) is 5. The maximum atomic E-state index is 13.2. The fourth-order valence-electron chi connectivity index (χ4n) is 4.04. The molecular weight excluding hydrogens is 444 g/mol. The van der Waals surface area contributed by atoms with E-state index < -0.39 is 11.5 Å². The molecular formula is C24H25ClN4O4. The fraction of sp³-hybridized carbons (Fsp3) is 0.333. The number of likely N-dealkylation sites (tertiary alicyclic amines) is 1. The molecule has 0 aliphatic carbocycles. The van der Waals surface area contributed by atoms with Gasteiger partial charge in [-0.05, 0) is 31.9 Å². The number of pyridine rings is 1. The average molecular weight is 469 g/mol. The number of anilines is 1. The van der Waals surface area contributed by atoms with Crippen LogP contribution < -0.4 is 10.9 Å². The highest BCUT2D eigenvalue weighted by atomic mass is 35.5. The third kappa shape index (κ3) is 4.71. The molecule has 1 aromatic carbocycles. The molecule has 1 fully saturated rings. The third-order valence-electron chi connectivity index (χ3n) is 5.79. The molecule has 0 saturated carbocycles. The summed E-state index contributed by atoms with van der Waals surface area (Å²) in [4.78, 5) is 40.8. The Morgan fingerprint density at radius 2 is 1.82 bits per heavy atom. The normalized spacial score (nSPS) is 14.1. The van der Waals surface area contributed by atoms with Crippen LogP contribution in [0, 0.1) is 6.92 Å². The Hall–Kier alpha value is -3.39. The number of aromatic nitrogens is 2. The molecule has 0 atom stereocenters. The van der Waals surface area contributed by atoms with Crippen molar-refractivity contribution in [3.63, 3.8) is 0 Å². The van der Waals surface area contributed by atoms with E-state index in [1.165, 1.54) is 16.8 Å². The van der Waals surface area contributed by atoms with Gasteiger partial charge in [-0.25, -0.2) is 0 Å². The second kappa shape index (κ2) is 9.62. The molecule has 0 spiro atoms. The second-order valence-corrected chi connectivity index (χ2v) is 8.57. The largest absolute Gasteiger partial charge is 0.360 e. The van der Waals surface area contributed by atoms with Crippen LogP contribution in [0.3, 0.4) is 0 Å². The maximum absolute atomic E-state index is 13.2. The molecule has 2 aromatic heterocycles. The average Bonchev–Trinajstić information content (AvgIpc) is 2.99. The van der Waals surface area contributed by atoms with Crippen molar-refractivity contribution in [2.75, 3.05) is 18.4 Å². The molecule has 1 aliphatic rings. The fourth-order valence-corrected chi connectivity index (χ4v) is 4.26. The number of amides is 2. The summed E-state index contributed by atoms with van der Waals surface area (Å²) >= 11 is 6.28. The predicted molar refractivity (Wildman–Crippen MR) is 126 cm³/mol. The number of halogens is 1. The molecule has 0 unspecified atom stereocenters. The number of aryl methyl sites for hydroxylation is 2. The Bertz CT molecular complexity index is 1260. The van der Waals surface area contributed by atoms with E-state index in [1.807, 2.05) is 0 Å². The van der Waals surface area contributed by atoms with E-state index in [0.29, 0.717) is 29.2 Å². The van der Waals surface area contributed by atoms with Crippen molar-refractivity contribution in [1.82, 2.24) is 14.6 Å². The summed E-state index contributed by atoms with van der Waals surface area (Å²) in [6.07, 6.45) is 5.62. The Morgan fingerprint density at radius 3 is 2.52 bits per heavy atom. The monoisotopic (exact) mass is 468 g/mol. The van der Waals surface area contributed by atoms with Gasteiger partial charge in [0, 0.05) is 31.9 Å². The van der Waals surface area contributed by atoms with Crippen molar-refractivity contribution in [1.29, 1.82) is 0 Å². The van der Waals surface area contributed by atoms with Crippen molar-refractivity contribution in [2.24, 2.45) is 7.05 Å². The van der Waals surface area contributed by atoms with Gasteiger partial charge in [-0.3, -0.25) is 14.4 Å². The van der Waals surface area contributed by atoms with Gasteiger partial charge >= 0.3 is 0 Å². The van der Waals surface area contributed by atoms with E-state index in [1.54, 1.807) is 43.1 Å². The minimum Gasteiger partial charge on any atom is -0.360 e. The zero-order valence-electron chi connectivity index (χ0n) is 18.6. The van der Waals surface area contributed by atoms with Crippen molar-refractivity contribution in [3.8, 4) is 11.3 Å². The highest BCUT2D eigenvalue weighted by Gasteiger charge is 2.25. The lowest BCUT2D eigenvalue weighted by molar-refractivity contribution is 0.0760. The van der Waals surface area contributed by atoms with E-state index in [4.69, 9.17) is 16.1 Å². The van der Waals surface area contributed by atoms with Crippen LogP contribution >= 0.6 is 11.6 Å². The van der Waals surface area contributed by atoms with E-state index in [9.17, 15) is 14.4 Å². The molecule has 9 heteroatoms. The Kier molecular flexibility index (Phi) is 6.65. The van der Waals surface area contributed by atoms with Crippen molar-refractivity contribution in [2.45, 2.75) is 32.6 Å². The van der Waals surface area contributed by atoms with E-state index in [2.05, 4.69) is 10.5 Å². The van der Waals surface area contributed by atoms with Gasteiger partial charge in [0.15, 0.2) is 0 Å². The molecule has 3 aromatic rings. The van der Waals surface area contributed by atoms with E-state index in [-0.39, 0.29) is 28.6 Å². The highest BCUT2D eigenvalue weighted by molar-refractivity contribution is 6.33. The van der Waals surface area contributed by atoms with Crippen LogP contribution in [-0.4, -0.2) is 39.5 Å². The van der Waals surface area contributed by atoms with Crippen LogP contribution in [0.4, 0.5) is 5.69 Å². The summed E-state index contributed by atoms with van der Waals surface area (Å²) in [5.74, 6) is -0.433. The second-order valence-electron chi connectivity index (χ2n) is 8.16. The lowest BCUT2D eigenvalue weighted by Gasteiger charge is -2.21. The molecule has 0 radical (unpaired) electrons. The molecule has 172 valence electrons. The number of rotatable bonds is 4. The smallest absolute Gasteiger partial charge is 0.274 e. The van der Waals surface area contributed by atoms with Gasteiger partial charge in [0.05, 0.1) is 10.6 Å². The van der Waals surface area contributed by atoms with Crippen LogP contribution in [0.25, 0.3) is 11.3 Å². The maximum Gasteiger partial charge on any atom is 0.274 e. The molecule has 33 heavy (non-hydrogen) atoms. The summed E-state index contributed by atoms with van der Waals surface area (Å²) in [7, 11) is 1.55. The summed E-state index contributed by atoms with van der Waals surface area (Å²) in [5.41, 5.74) is 0.929. The molecule has 8 nitrogen and oxygen atoms in total. The third-order valence-corrected chi connectivity index (χ3v) is 6.12. The van der Waals surface area contributed by atoms with E-state index in [0.717, 1.165) is 25.7 Å². The Morgan fingerprint density at radius 1 is 1.12 bits per heavy atom. The topological polar surface area (TPSA) is 97.4 Å². The zero-order chi connectivity index (χ0) is 23.5. The van der Waals surface area contributed by atoms with Gasteiger partial charge in [-0.1, -0.05) is 47.8 Å². The molecule has 1 aliphatic heterocycles. The first-order valence-corrected chi connectivity index (χ1v) is 11.3. The van der Waals surface area contributed by atoms with Gasteiger partial charge in [0.1, 0.15) is 22.7 Å². The quantitative estimate of drug-likeness (QED) is 0.616. The highest BCUT2D eigenvalue weighted by Crippen LogP contribution is 2.31. The number of carbonyl (C=O) groups is 2. The van der Waals surface area contributed by atoms with Crippen molar-refractivity contribution in [3.05, 3.63) is 68.8 Å². The van der Waals surface area contributed by atoms with Gasteiger partial charge < -0.3 is 19.3 Å². The van der Waals surface area contributed by atoms with Crippen LogP contribution in [0.15, 0.2) is 45.8 Å². The Balaban J connectivity index is 1.66. The molecule has 1 N–H and O–H groups in total. The molecule has 4 rings (SSSR count). The first-order chi connectivity index (χ1) is 15.9. The lowest BCUT2D eigenvalue weighted by Crippen LogP contribution is -2.33. The molecule has 1 saturated heterocycles. The summed E-state index contributed by atoms with van der Waals surface area (Å²) in [6.45, 7) is 2.98. The van der Waals surface area contributed by atoms with E-state index >= 15 is 0 Å². The van der Waals surface area contributed by atoms with Gasteiger partial charge in [-0.15, -0.1) is 0 Å². The number of carbonyl (C=O) groups excluding carboxylic acids is 2. The predicted octanol–water partition coefficient (Wildman–Crippen LogP) is 4.27. The molecule has 0 bridgehead atoms. The van der Waals surface area contributed by atoms with Gasteiger partial charge in [0.25, 0.3) is 17.4 Å². The summed E-state index contributed by atoms with van der Waals surface area (Å²) in [5, 5.41) is 7.07. The Labute approximate surface area is 196 Å². The molecule has 3 heterocycles. The number of benzene rings is 1. The van der Waals surface area contributed by atoms with Gasteiger partial charge in [-0.2, -0.15) is 0 Å². The summed E-state index contributed by atoms with van der Waals surface area (Å²) in [6, 6.07) is 8.41. The SMILES string of the molecule is Cc1onc(-c2ccccc2Cl)c1C(=O)Nc1cc(C(=O)N2CCCCCC2)cn(C)c1=O. The van der Waals surface area contributed by atoms with Crippen LogP contribution in [0.2, 0.25) is 5.02 Å². The zero-order valence-corrected chi connectivity index (χ0v) is 19.3. The standard InChI is InChI=1S/C24H25ClN4O4/c1-15-20(21(27-33-15)17-9-5-6-10-18(17)25)22(30)26-19-13-16(14-28(2)24(19)32)23(31)29-11-7-3-4-8-12-29/h5-6,9-10,13-14H,3-4,7-8,11-12H2,1-2H3,(H,26,30). The lowest BCUT2D eigenvalue weighted by atomic mass is 10.1. The van der Waals surface area contributed by atoms with Crippen LogP contribution in [0.1, 0.15) is 52.2 Å². The number of nitrogens with one attached hydrogen (secondary N) is 1. The number of nitrogens with zero attached hydrogens (tertiary/aromatic N) is 3.